The monoisotopic (exact) mass is 253 g/mol. The van der Waals surface area contributed by atoms with Gasteiger partial charge in [0, 0.05) is 11.6 Å². The van der Waals surface area contributed by atoms with E-state index in [2.05, 4.69) is 5.32 Å². The van der Waals surface area contributed by atoms with Crippen molar-refractivity contribution in [2.75, 3.05) is 0 Å². The molecule has 0 amide bonds. The molecule has 0 fully saturated rings. The van der Waals surface area contributed by atoms with E-state index in [0.29, 0.717) is 11.6 Å². The van der Waals surface area contributed by atoms with Crippen LogP contribution in [-0.2, 0) is 6.54 Å². The minimum absolute atomic E-state index is 0.0890. The number of hydrogen-bond donors (Lipinski definition) is 1. The number of nitrogens with one attached hydrogen (secondary N) is 1. The average Bonchev–Trinajstić information content (AvgIpc) is 2.81. The first kappa shape index (κ1) is 12.1. The van der Waals surface area contributed by atoms with Gasteiger partial charge in [0.15, 0.2) is 0 Å². The first-order valence-electron chi connectivity index (χ1n) is 5.37. The van der Waals surface area contributed by atoms with E-state index in [-0.39, 0.29) is 11.9 Å². The predicted octanol–water partition coefficient (Wildman–Crippen LogP) is 3.92. The van der Waals surface area contributed by atoms with Crippen LogP contribution in [0.1, 0.15) is 24.3 Å². The molecule has 0 bridgehead atoms. The summed E-state index contributed by atoms with van der Waals surface area (Å²) in [6.45, 7) is 2.57. The van der Waals surface area contributed by atoms with Gasteiger partial charge < -0.3 is 9.73 Å². The first-order valence-corrected chi connectivity index (χ1v) is 5.75. The maximum absolute atomic E-state index is 12.8. The van der Waals surface area contributed by atoms with Gasteiger partial charge in [0.1, 0.15) is 11.6 Å². The van der Waals surface area contributed by atoms with Gasteiger partial charge in [-0.3, -0.25) is 0 Å². The van der Waals surface area contributed by atoms with Gasteiger partial charge in [-0.25, -0.2) is 4.39 Å². The SMILES string of the molecule is CC(NCc1ccc(F)cc1Cl)c1ccco1. The third kappa shape index (κ3) is 3.08. The van der Waals surface area contributed by atoms with E-state index < -0.39 is 0 Å². The Bertz CT molecular complexity index is 484. The Hall–Kier alpha value is -1.32. The molecular formula is C13H13ClFNO. The fraction of sp³-hybridized carbons (Fsp3) is 0.231. The third-order valence-corrected chi connectivity index (χ3v) is 2.94. The highest BCUT2D eigenvalue weighted by atomic mass is 35.5. The second-order valence-electron chi connectivity index (χ2n) is 3.85. The molecule has 1 unspecified atom stereocenters. The molecule has 0 aliphatic heterocycles. The third-order valence-electron chi connectivity index (χ3n) is 2.58. The van der Waals surface area contributed by atoms with Crippen LogP contribution >= 0.6 is 11.6 Å². The van der Waals surface area contributed by atoms with E-state index in [9.17, 15) is 4.39 Å². The number of benzene rings is 1. The molecule has 2 rings (SSSR count). The number of hydrogen-bond acceptors (Lipinski definition) is 2. The molecule has 2 nitrogen and oxygen atoms in total. The van der Waals surface area contributed by atoms with Crippen molar-refractivity contribution in [2.45, 2.75) is 19.5 Å². The molecule has 0 aliphatic rings. The van der Waals surface area contributed by atoms with Crippen LogP contribution in [0.15, 0.2) is 41.0 Å². The molecule has 1 aromatic heterocycles. The zero-order valence-electron chi connectivity index (χ0n) is 9.41. The van der Waals surface area contributed by atoms with Crippen LogP contribution in [0.25, 0.3) is 0 Å². The molecule has 0 saturated heterocycles. The summed E-state index contributed by atoms with van der Waals surface area (Å²) >= 11 is 5.93. The highest BCUT2D eigenvalue weighted by Crippen LogP contribution is 2.19. The van der Waals surface area contributed by atoms with Crippen LogP contribution in [0.3, 0.4) is 0 Å². The van der Waals surface area contributed by atoms with Crippen molar-refractivity contribution in [1.29, 1.82) is 0 Å². The predicted molar refractivity (Wildman–Crippen MR) is 65.4 cm³/mol. The second-order valence-corrected chi connectivity index (χ2v) is 4.26. The van der Waals surface area contributed by atoms with Gasteiger partial charge in [-0.15, -0.1) is 0 Å². The van der Waals surface area contributed by atoms with E-state index in [1.807, 2.05) is 19.1 Å². The van der Waals surface area contributed by atoms with Crippen LogP contribution < -0.4 is 5.32 Å². The first-order chi connectivity index (χ1) is 8.16. The highest BCUT2D eigenvalue weighted by Gasteiger charge is 2.08. The van der Waals surface area contributed by atoms with Crippen LogP contribution in [0.4, 0.5) is 4.39 Å². The quantitative estimate of drug-likeness (QED) is 0.893. The smallest absolute Gasteiger partial charge is 0.124 e. The summed E-state index contributed by atoms with van der Waals surface area (Å²) in [6, 6.07) is 8.24. The molecule has 1 atom stereocenters. The zero-order valence-corrected chi connectivity index (χ0v) is 10.2. The van der Waals surface area contributed by atoms with Crippen LogP contribution in [-0.4, -0.2) is 0 Å². The van der Waals surface area contributed by atoms with E-state index in [1.165, 1.54) is 12.1 Å². The van der Waals surface area contributed by atoms with Crippen LogP contribution in [0, 0.1) is 5.82 Å². The van der Waals surface area contributed by atoms with E-state index in [4.69, 9.17) is 16.0 Å². The second kappa shape index (κ2) is 5.34. The standard InChI is InChI=1S/C13H13ClFNO/c1-9(13-3-2-6-17-13)16-8-10-4-5-11(15)7-12(10)14/h2-7,9,16H,8H2,1H3. The van der Waals surface area contributed by atoms with Gasteiger partial charge in [-0.05, 0) is 36.8 Å². The fourth-order valence-corrected chi connectivity index (χ4v) is 1.80. The largest absolute Gasteiger partial charge is 0.468 e. The molecule has 0 spiro atoms. The number of rotatable bonds is 4. The van der Waals surface area contributed by atoms with Gasteiger partial charge in [0.05, 0.1) is 12.3 Å². The molecule has 1 N–H and O–H groups in total. The Balaban J connectivity index is 1.98. The summed E-state index contributed by atoms with van der Waals surface area (Å²) in [4.78, 5) is 0. The van der Waals surface area contributed by atoms with Crippen molar-refractivity contribution in [3.63, 3.8) is 0 Å². The Morgan fingerprint density at radius 1 is 1.41 bits per heavy atom. The Morgan fingerprint density at radius 3 is 2.88 bits per heavy atom. The maximum atomic E-state index is 12.8. The molecule has 2 aromatic rings. The average molecular weight is 254 g/mol. The lowest BCUT2D eigenvalue weighted by atomic mass is 10.2. The summed E-state index contributed by atoms with van der Waals surface area (Å²) in [7, 11) is 0. The molecule has 4 heteroatoms. The summed E-state index contributed by atoms with van der Waals surface area (Å²) in [5.74, 6) is 0.543. The molecule has 1 aromatic carbocycles. The van der Waals surface area contributed by atoms with Gasteiger partial charge in [0.2, 0.25) is 0 Å². The Labute approximate surface area is 104 Å². The summed E-state index contributed by atoms with van der Waals surface area (Å²) in [6.07, 6.45) is 1.64. The van der Waals surface area contributed by atoms with Crippen molar-refractivity contribution >= 4 is 11.6 Å². The maximum Gasteiger partial charge on any atom is 0.124 e. The molecule has 0 radical (unpaired) electrons. The van der Waals surface area contributed by atoms with E-state index >= 15 is 0 Å². The van der Waals surface area contributed by atoms with E-state index in [1.54, 1.807) is 12.3 Å². The van der Waals surface area contributed by atoms with Gasteiger partial charge in [0.25, 0.3) is 0 Å². The van der Waals surface area contributed by atoms with Crippen LogP contribution in [0.2, 0.25) is 5.02 Å². The van der Waals surface area contributed by atoms with E-state index in [0.717, 1.165) is 11.3 Å². The molecule has 0 saturated carbocycles. The Kier molecular flexibility index (Phi) is 3.82. The summed E-state index contributed by atoms with van der Waals surface area (Å²) in [5.41, 5.74) is 0.867. The molecule has 0 aliphatic carbocycles. The van der Waals surface area contributed by atoms with Gasteiger partial charge >= 0.3 is 0 Å². The lowest BCUT2D eigenvalue weighted by Gasteiger charge is -2.12. The molecular weight excluding hydrogens is 241 g/mol. The fourth-order valence-electron chi connectivity index (χ4n) is 1.57. The van der Waals surface area contributed by atoms with Crippen LogP contribution in [0.5, 0.6) is 0 Å². The van der Waals surface area contributed by atoms with Crippen molar-refractivity contribution in [3.05, 3.63) is 58.8 Å². The van der Waals surface area contributed by atoms with Gasteiger partial charge in [-0.2, -0.15) is 0 Å². The number of halogens is 2. The normalized spacial score (nSPS) is 12.6. The topological polar surface area (TPSA) is 25.2 Å². The van der Waals surface area contributed by atoms with Gasteiger partial charge in [-0.1, -0.05) is 17.7 Å². The lowest BCUT2D eigenvalue weighted by Crippen LogP contribution is -2.17. The lowest BCUT2D eigenvalue weighted by molar-refractivity contribution is 0.430. The molecule has 17 heavy (non-hydrogen) atoms. The summed E-state index contributed by atoms with van der Waals surface area (Å²) < 4.78 is 18.1. The molecule has 1 heterocycles. The molecule has 90 valence electrons. The Morgan fingerprint density at radius 2 is 2.24 bits per heavy atom. The zero-order chi connectivity index (χ0) is 12.3. The van der Waals surface area contributed by atoms with Crippen molar-refractivity contribution in [1.82, 2.24) is 5.32 Å². The van der Waals surface area contributed by atoms with Crippen molar-refractivity contribution in [2.24, 2.45) is 0 Å². The summed E-state index contributed by atoms with van der Waals surface area (Å²) in [5, 5.41) is 3.70. The van der Waals surface area contributed by atoms with Crippen molar-refractivity contribution in [3.8, 4) is 0 Å². The number of furan rings is 1. The minimum atomic E-state index is -0.321. The highest BCUT2D eigenvalue weighted by molar-refractivity contribution is 6.31. The van der Waals surface area contributed by atoms with Crippen molar-refractivity contribution < 1.29 is 8.81 Å². The minimum Gasteiger partial charge on any atom is -0.468 e.